The largest absolute Gasteiger partial charge is 0.497 e. The summed E-state index contributed by atoms with van der Waals surface area (Å²) in [5.74, 6) is -0.319. The molecule has 0 aliphatic heterocycles. The highest BCUT2D eigenvalue weighted by molar-refractivity contribution is 5.97. The molecule has 28 heavy (non-hydrogen) atoms. The first-order valence-corrected chi connectivity index (χ1v) is 8.52. The molecule has 0 radical (unpaired) electrons. The van der Waals surface area contributed by atoms with Crippen LogP contribution in [0.3, 0.4) is 0 Å². The number of carbonyl (C=O) groups is 2. The highest BCUT2D eigenvalue weighted by Gasteiger charge is 2.15. The van der Waals surface area contributed by atoms with Gasteiger partial charge in [0.15, 0.2) is 11.6 Å². The summed E-state index contributed by atoms with van der Waals surface area (Å²) in [5, 5.41) is 5.23. The van der Waals surface area contributed by atoms with Gasteiger partial charge >= 0.3 is 0 Å². The molecule has 0 saturated carbocycles. The molecule has 8 heteroatoms. The number of hydrogen-bond donors (Lipinski definition) is 2. The molecular formula is C20H23FN2O5. The Hall–Kier alpha value is -3.29. The van der Waals surface area contributed by atoms with E-state index in [2.05, 4.69) is 10.6 Å². The number of halogens is 1. The summed E-state index contributed by atoms with van der Waals surface area (Å²) in [5.41, 5.74) is 0.879. The van der Waals surface area contributed by atoms with Crippen molar-refractivity contribution in [1.82, 2.24) is 10.6 Å². The number of amides is 2. The van der Waals surface area contributed by atoms with Crippen LogP contribution in [0, 0.1) is 5.82 Å². The fraction of sp³-hybridized carbons (Fsp3) is 0.300. The lowest BCUT2D eigenvalue weighted by atomic mass is 10.1. The van der Waals surface area contributed by atoms with Crippen LogP contribution >= 0.6 is 0 Å². The van der Waals surface area contributed by atoms with Crippen molar-refractivity contribution in [2.45, 2.75) is 13.0 Å². The summed E-state index contributed by atoms with van der Waals surface area (Å²) in [7, 11) is 4.34. The van der Waals surface area contributed by atoms with E-state index < -0.39 is 23.7 Å². The van der Waals surface area contributed by atoms with Crippen LogP contribution < -0.4 is 24.8 Å². The molecule has 0 aliphatic rings. The van der Waals surface area contributed by atoms with Crippen LogP contribution in [0.2, 0.25) is 0 Å². The van der Waals surface area contributed by atoms with Gasteiger partial charge in [-0.2, -0.15) is 0 Å². The van der Waals surface area contributed by atoms with Crippen molar-refractivity contribution < 1.29 is 28.2 Å². The third kappa shape index (κ3) is 5.35. The van der Waals surface area contributed by atoms with Crippen molar-refractivity contribution in [3.63, 3.8) is 0 Å². The van der Waals surface area contributed by atoms with Gasteiger partial charge in [-0.3, -0.25) is 9.59 Å². The van der Waals surface area contributed by atoms with Gasteiger partial charge in [0.1, 0.15) is 11.5 Å². The number of rotatable bonds is 8. The standard InChI is InChI=1S/C20H23FN2O5/c1-12(13-5-6-18(28-4)17(21)9-13)23-19(24)11-22-20(25)14-7-15(26-2)10-16(8-14)27-3/h5-10,12H,11H2,1-4H3,(H,22,25)(H,23,24). The van der Waals surface area contributed by atoms with E-state index in [4.69, 9.17) is 14.2 Å². The Morgan fingerprint density at radius 3 is 2.18 bits per heavy atom. The molecule has 0 aromatic heterocycles. The van der Waals surface area contributed by atoms with E-state index in [0.717, 1.165) is 0 Å². The quantitative estimate of drug-likeness (QED) is 0.723. The minimum atomic E-state index is -0.513. The van der Waals surface area contributed by atoms with Gasteiger partial charge in [-0.25, -0.2) is 4.39 Å². The first-order chi connectivity index (χ1) is 13.4. The molecular weight excluding hydrogens is 367 g/mol. The van der Waals surface area contributed by atoms with E-state index in [1.165, 1.54) is 33.5 Å². The number of hydrogen-bond acceptors (Lipinski definition) is 5. The van der Waals surface area contributed by atoms with E-state index >= 15 is 0 Å². The highest BCUT2D eigenvalue weighted by atomic mass is 19.1. The zero-order chi connectivity index (χ0) is 20.7. The first kappa shape index (κ1) is 21.0. The van der Waals surface area contributed by atoms with Gasteiger partial charge in [-0.15, -0.1) is 0 Å². The van der Waals surface area contributed by atoms with Crippen molar-refractivity contribution in [2.75, 3.05) is 27.9 Å². The fourth-order valence-electron chi connectivity index (χ4n) is 2.53. The van der Waals surface area contributed by atoms with E-state index in [0.29, 0.717) is 22.6 Å². The minimum Gasteiger partial charge on any atom is -0.497 e. The predicted octanol–water partition coefficient (Wildman–Crippen LogP) is 2.46. The number of benzene rings is 2. The molecule has 2 aromatic rings. The predicted molar refractivity (Wildman–Crippen MR) is 101 cm³/mol. The second-order valence-corrected chi connectivity index (χ2v) is 5.97. The zero-order valence-corrected chi connectivity index (χ0v) is 16.2. The van der Waals surface area contributed by atoms with E-state index in [1.54, 1.807) is 31.2 Å². The molecule has 2 aromatic carbocycles. The van der Waals surface area contributed by atoms with Crippen LogP contribution in [0.4, 0.5) is 4.39 Å². The molecule has 1 atom stereocenters. The SMILES string of the molecule is COc1cc(OC)cc(C(=O)NCC(=O)NC(C)c2ccc(OC)c(F)c2)c1. The van der Waals surface area contributed by atoms with Gasteiger partial charge in [0.25, 0.3) is 5.91 Å². The molecule has 0 bridgehead atoms. The summed E-state index contributed by atoms with van der Waals surface area (Å²) in [6.07, 6.45) is 0. The highest BCUT2D eigenvalue weighted by Crippen LogP contribution is 2.23. The zero-order valence-electron chi connectivity index (χ0n) is 16.2. The third-order valence-electron chi connectivity index (χ3n) is 4.08. The van der Waals surface area contributed by atoms with Crippen molar-refractivity contribution in [1.29, 1.82) is 0 Å². The number of methoxy groups -OCH3 is 3. The van der Waals surface area contributed by atoms with Gasteiger partial charge < -0.3 is 24.8 Å². The van der Waals surface area contributed by atoms with E-state index in [1.807, 2.05) is 0 Å². The lowest BCUT2D eigenvalue weighted by molar-refractivity contribution is -0.120. The van der Waals surface area contributed by atoms with Crippen molar-refractivity contribution in [2.24, 2.45) is 0 Å². The Morgan fingerprint density at radius 2 is 1.64 bits per heavy atom. The van der Waals surface area contributed by atoms with Crippen LogP contribution in [-0.4, -0.2) is 39.7 Å². The Kier molecular flexibility index (Phi) is 7.20. The van der Waals surface area contributed by atoms with Crippen molar-refractivity contribution in [3.8, 4) is 17.2 Å². The van der Waals surface area contributed by atoms with E-state index in [-0.39, 0.29) is 12.3 Å². The second-order valence-electron chi connectivity index (χ2n) is 5.97. The minimum absolute atomic E-state index is 0.128. The maximum atomic E-state index is 13.8. The van der Waals surface area contributed by atoms with Gasteiger partial charge in [0.2, 0.25) is 5.91 Å². The van der Waals surface area contributed by atoms with Crippen LogP contribution in [0.5, 0.6) is 17.2 Å². The average Bonchev–Trinajstić information content (AvgIpc) is 2.71. The van der Waals surface area contributed by atoms with E-state index in [9.17, 15) is 14.0 Å². The second kappa shape index (κ2) is 9.59. The third-order valence-corrected chi connectivity index (χ3v) is 4.08. The Bertz CT molecular complexity index is 834. The lowest BCUT2D eigenvalue weighted by Crippen LogP contribution is -2.38. The normalized spacial score (nSPS) is 11.3. The average molecular weight is 390 g/mol. The van der Waals surface area contributed by atoms with Crippen LogP contribution in [0.15, 0.2) is 36.4 Å². The van der Waals surface area contributed by atoms with Gasteiger partial charge in [0, 0.05) is 11.6 Å². The molecule has 2 amide bonds. The maximum Gasteiger partial charge on any atom is 0.251 e. The number of carbonyl (C=O) groups excluding carboxylic acids is 2. The molecule has 150 valence electrons. The molecule has 2 N–H and O–H groups in total. The first-order valence-electron chi connectivity index (χ1n) is 8.52. The molecule has 0 spiro atoms. The monoisotopic (exact) mass is 390 g/mol. The van der Waals surface area contributed by atoms with Gasteiger partial charge in [-0.1, -0.05) is 6.07 Å². The molecule has 2 rings (SSSR count). The summed E-state index contributed by atoms with van der Waals surface area (Å²) >= 11 is 0. The summed E-state index contributed by atoms with van der Waals surface area (Å²) in [6, 6.07) is 8.72. The Morgan fingerprint density at radius 1 is 1.00 bits per heavy atom. The summed E-state index contributed by atoms with van der Waals surface area (Å²) in [6.45, 7) is 1.48. The molecule has 0 fully saturated rings. The smallest absolute Gasteiger partial charge is 0.251 e. The lowest BCUT2D eigenvalue weighted by Gasteiger charge is -2.16. The summed E-state index contributed by atoms with van der Waals surface area (Å²) in [4.78, 5) is 24.4. The topological polar surface area (TPSA) is 85.9 Å². The van der Waals surface area contributed by atoms with Crippen LogP contribution in [-0.2, 0) is 4.79 Å². The Balaban J connectivity index is 1.94. The summed E-state index contributed by atoms with van der Waals surface area (Å²) < 4.78 is 28.9. The Labute approximate surface area is 162 Å². The van der Waals surface area contributed by atoms with Crippen LogP contribution in [0.1, 0.15) is 28.9 Å². The molecule has 7 nitrogen and oxygen atoms in total. The molecule has 1 unspecified atom stereocenters. The molecule has 0 saturated heterocycles. The van der Waals surface area contributed by atoms with Crippen molar-refractivity contribution in [3.05, 3.63) is 53.3 Å². The van der Waals surface area contributed by atoms with Crippen LogP contribution in [0.25, 0.3) is 0 Å². The number of nitrogens with one attached hydrogen (secondary N) is 2. The van der Waals surface area contributed by atoms with Gasteiger partial charge in [-0.05, 0) is 36.8 Å². The van der Waals surface area contributed by atoms with Crippen molar-refractivity contribution >= 4 is 11.8 Å². The number of ether oxygens (including phenoxy) is 3. The fourth-order valence-corrected chi connectivity index (χ4v) is 2.53. The van der Waals surface area contributed by atoms with Gasteiger partial charge in [0.05, 0.1) is 33.9 Å². The molecule has 0 heterocycles. The maximum absolute atomic E-state index is 13.8. The molecule has 0 aliphatic carbocycles.